The summed E-state index contributed by atoms with van der Waals surface area (Å²) in [5.41, 5.74) is 2.48. The molecule has 5 nitrogen and oxygen atoms in total. The van der Waals surface area contributed by atoms with Crippen LogP contribution in [0.5, 0.6) is 0 Å². The van der Waals surface area contributed by atoms with E-state index in [0.29, 0.717) is 22.4 Å². The highest BCUT2D eigenvalue weighted by Crippen LogP contribution is 2.18. The molecule has 0 fully saturated rings. The highest BCUT2D eigenvalue weighted by atomic mass is 35.5. The average Bonchev–Trinajstić information content (AvgIpc) is 3.02. The van der Waals surface area contributed by atoms with Gasteiger partial charge in [-0.2, -0.15) is 0 Å². The SMILES string of the molecule is Cc1ccc(-c2nnc(CNC(=O)c3cccc(Cl)c3)o2)cc1. The summed E-state index contributed by atoms with van der Waals surface area (Å²) in [4.78, 5) is 12.0. The van der Waals surface area contributed by atoms with Crippen LogP contribution in [0.1, 0.15) is 21.8 Å². The Morgan fingerprint density at radius 1 is 1.17 bits per heavy atom. The van der Waals surface area contributed by atoms with E-state index in [4.69, 9.17) is 16.0 Å². The number of amides is 1. The van der Waals surface area contributed by atoms with E-state index in [-0.39, 0.29) is 12.5 Å². The molecule has 0 aliphatic rings. The highest BCUT2D eigenvalue weighted by Gasteiger charge is 2.11. The second-order valence-corrected chi connectivity index (χ2v) is 5.50. The van der Waals surface area contributed by atoms with Gasteiger partial charge >= 0.3 is 0 Å². The van der Waals surface area contributed by atoms with E-state index in [1.165, 1.54) is 0 Å². The summed E-state index contributed by atoms with van der Waals surface area (Å²) in [6.07, 6.45) is 0. The molecule has 0 spiro atoms. The third kappa shape index (κ3) is 3.76. The summed E-state index contributed by atoms with van der Waals surface area (Å²) in [5, 5.41) is 11.2. The fraction of sp³-hybridized carbons (Fsp3) is 0.118. The first-order valence-electron chi connectivity index (χ1n) is 7.05. The molecule has 3 aromatic rings. The zero-order chi connectivity index (χ0) is 16.2. The summed E-state index contributed by atoms with van der Waals surface area (Å²) >= 11 is 5.87. The number of aromatic nitrogens is 2. The van der Waals surface area contributed by atoms with Gasteiger partial charge in [-0.3, -0.25) is 4.79 Å². The summed E-state index contributed by atoms with van der Waals surface area (Å²) < 4.78 is 5.56. The maximum absolute atomic E-state index is 12.0. The number of benzene rings is 2. The van der Waals surface area contributed by atoms with E-state index in [0.717, 1.165) is 11.1 Å². The molecular weight excluding hydrogens is 314 g/mol. The van der Waals surface area contributed by atoms with Crippen LogP contribution in [-0.2, 0) is 6.54 Å². The molecule has 0 unspecified atom stereocenters. The van der Waals surface area contributed by atoms with E-state index in [2.05, 4.69) is 15.5 Å². The van der Waals surface area contributed by atoms with Gasteiger partial charge in [0.15, 0.2) is 0 Å². The lowest BCUT2D eigenvalue weighted by Gasteiger charge is -2.02. The van der Waals surface area contributed by atoms with Crippen LogP contribution >= 0.6 is 11.6 Å². The molecule has 0 radical (unpaired) electrons. The molecular formula is C17H14ClN3O2. The molecule has 0 saturated heterocycles. The van der Waals surface area contributed by atoms with Gasteiger partial charge in [-0.05, 0) is 37.3 Å². The van der Waals surface area contributed by atoms with Gasteiger partial charge in [0, 0.05) is 16.1 Å². The molecule has 23 heavy (non-hydrogen) atoms. The average molecular weight is 328 g/mol. The predicted molar refractivity (Wildman–Crippen MR) is 87.1 cm³/mol. The van der Waals surface area contributed by atoms with Crippen molar-refractivity contribution in [2.24, 2.45) is 0 Å². The lowest BCUT2D eigenvalue weighted by atomic mass is 10.1. The summed E-state index contributed by atoms with van der Waals surface area (Å²) in [5.74, 6) is 0.524. The lowest BCUT2D eigenvalue weighted by molar-refractivity contribution is 0.0947. The second kappa shape index (κ2) is 6.62. The van der Waals surface area contributed by atoms with Gasteiger partial charge in [0.25, 0.3) is 5.91 Å². The van der Waals surface area contributed by atoms with Crippen LogP contribution in [0, 0.1) is 6.92 Å². The van der Waals surface area contributed by atoms with Crippen LogP contribution in [0.15, 0.2) is 52.9 Å². The number of halogens is 1. The Balaban J connectivity index is 1.65. The number of rotatable bonds is 4. The van der Waals surface area contributed by atoms with Crippen LogP contribution in [-0.4, -0.2) is 16.1 Å². The normalized spacial score (nSPS) is 10.5. The molecule has 3 rings (SSSR count). The third-order valence-corrected chi connectivity index (χ3v) is 3.49. The number of carbonyl (C=O) groups excluding carboxylic acids is 1. The Hall–Kier alpha value is -2.66. The second-order valence-electron chi connectivity index (χ2n) is 5.06. The molecule has 0 saturated carbocycles. The predicted octanol–water partition coefficient (Wildman–Crippen LogP) is 3.63. The minimum atomic E-state index is -0.248. The van der Waals surface area contributed by atoms with Gasteiger partial charge in [-0.1, -0.05) is 35.4 Å². The molecule has 116 valence electrons. The van der Waals surface area contributed by atoms with Crippen LogP contribution in [0.4, 0.5) is 0 Å². The largest absolute Gasteiger partial charge is 0.419 e. The van der Waals surface area contributed by atoms with Crippen molar-refractivity contribution in [3.63, 3.8) is 0 Å². The number of nitrogens with zero attached hydrogens (tertiary/aromatic N) is 2. The first-order valence-corrected chi connectivity index (χ1v) is 7.43. The van der Waals surface area contributed by atoms with Crippen LogP contribution < -0.4 is 5.32 Å². The van der Waals surface area contributed by atoms with Crippen molar-refractivity contribution >= 4 is 17.5 Å². The van der Waals surface area contributed by atoms with Crippen molar-refractivity contribution in [3.05, 3.63) is 70.6 Å². The van der Waals surface area contributed by atoms with Gasteiger partial charge in [-0.15, -0.1) is 10.2 Å². The molecule has 1 aromatic heterocycles. The Bertz CT molecular complexity index is 828. The van der Waals surface area contributed by atoms with Gasteiger partial charge in [0.2, 0.25) is 11.8 Å². The standard InChI is InChI=1S/C17H14ClN3O2/c1-11-5-7-12(8-6-11)17-21-20-15(23-17)10-19-16(22)13-3-2-4-14(18)9-13/h2-9H,10H2,1H3,(H,19,22). The van der Waals surface area contributed by atoms with Crippen molar-refractivity contribution in [1.29, 1.82) is 0 Å². The molecule has 6 heteroatoms. The first kappa shape index (κ1) is 15.2. The molecule has 0 atom stereocenters. The van der Waals surface area contributed by atoms with Crippen molar-refractivity contribution < 1.29 is 9.21 Å². The van der Waals surface area contributed by atoms with Gasteiger partial charge in [0.1, 0.15) is 0 Å². The maximum Gasteiger partial charge on any atom is 0.251 e. The Kier molecular flexibility index (Phi) is 4.39. The van der Waals surface area contributed by atoms with E-state index in [9.17, 15) is 4.79 Å². The number of carbonyl (C=O) groups is 1. The van der Waals surface area contributed by atoms with Crippen LogP contribution in [0.25, 0.3) is 11.5 Å². The number of hydrogen-bond donors (Lipinski definition) is 1. The molecule has 0 aliphatic carbocycles. The number of hydrogen-bond acceptors (Lipinski definition) is 4. The van der Waals surface area contributed by atoms with E-state index in [1.54, 1.807) is 24.3 Å². The molecule has 0 bridgehead atoms. The summed E-state index contributed by atoms with van der Waals surface area (Å²) in [6, 6.07) is 14.5. The van der Waals surface area contributed by atoms with Gasteiger partial charge in [-0.25, -0.2) is 0 Å². The van der Waals surface area contributed by atoms with Crippen molar-refractivity contribution in [2.75, 3.05) is 0 Å². The quantitative estimate of drug-likeness (QED) is 0.794. The topological polar surface area (TPSA) is 68.0 Å². The Morgan fingerprint density at radius 2 is 1.96 bits per heavy atom. The zero-order valence-corrected chi connectivity index (χ0v) is 13.2. The minimum Gasteiger partial charge on any atom is -0.419 e. The monoisotopic (exact) mass is 327 g/mol. The smallest absolute Gasteiger partial charge is 0.251 e. The highest BCUT2D eigenvalue weighted by molar-refractivity contribution is 6.30. The van der Waals surface area contributed by atoms with Crippen molar-refractivity contribution in [1.82, 2.24) is 15.5 Å². The minimum absolute atomic E-state index is 0.157. The fourth-order valence-electron chi connectivity index (χ4n) is 2.03. The van der Waals surface area contributed by atoms with E-state index < -0.39 is 0 Å². The lowest BCUT2D eigenvalue weighted by Crippen LogP contribution is -2.22. The summed E-state index contributed by atoms with van der Waals surface area (Å²) in [6.45, 7) is 2.17. The first-order chi connectivity index (χ1) is 11.1. The molecule has 0 aliphatic heterocycles. The molecule has 1 N–H and O–H groups in total. The van der Waals surface area contributed by atoms with Crippen molar-refractivity contribution in [3.8, 4) is 11.5 Å². The van der Waals surface area contributed by atoms with Crippen molar-refractivity contribution in [2.45, 2.75) is 13.5 Å². The molecule has 1 heterocycles. The Labute approximate surface area is 138 Å². The number of aryl methyl sites for hydroxylation is 1. The van der Waals surface area contributed by atoms with Crippen LogP contribution in [0.3, 0.4) is 0 Å². The van der Waals surface area contributed by atoms with Gasteiger partial charge in [0.05, 0.1) is 6.54 Å². The number of nitrogens with one attached hydrogen (secondary N) is 1. The van der Waals surface area contributed by atoms with Gasteiger partial charge < -0.3 is 9.73 Å². The third-order valence-electron chi connectivity index (χ3n) is 3.25. The van der Waals surface area contributed by atoms with E-state index >= 15 is 0 Å². The van der Waals surface area contributed by atoms with Crippen LogP contribution in [0.2, 0.25) is 5.02 Å². The zero-order valence-electron chi connectivity index (χ0n) is 12.4. The maximum atomic E-state index is 12.0. The molecule has 1 amide bonds. The van der Waals surface area contributed by atoms with E-state index in [1.807, 2.05) is 31.2 Å². The summed E-state index contributed by atoms with van der Waals surface area (Å²) in [7, 11) is 0. The Morgan fingerprint density at radius 3 is 2.70 bits per heavy atom. The fourth-order valence-corrected chi connectivity index (χ4v) is 2.22. The molecule has 2 aromatic carbocycles.